The van der Waals surface area contributed by atoms with Crippen LogP contribution in [-0.4, -0.2) is 11.7 Å². The molecule has 5 rings (SSSR count). The number of hydrogen-bond donors (Lipinski definition) is 0. The van der Waals surface area contributed by atoms with Crippen molar-refractivity contribution in [2.45, 2.75) is 6.61 Å². The van der Waals surface area contributed by atoms with Crippen molar-refractivity contribution in [2.24, 2.45) is 5.16 Å². The zero-order valence-corrected chi connectivity index (χ0v) is 17.8. The fourth-order valence-electron chi connectivity index (χ4n) is 3.71. The molecule has 4 aromatic carbocycles. The van der Waals surface area contributed by atoms with Crippen molar-refractivity contribution in [1.82, 2.24) is 0 Å². The zero-order valence-electron chi connectivity index (χ0n) is 17.0. The van der Waals surface area contributed by atoms with Crippen molar-refractivity contribution in [3.05, 3.63) is 118 Å². The van der Waals surface area contributed by atoms with Gasteiger partial charge in [-0.25, -0.2) is 4.79 Å². The van der Waals surface area contributed by atoms with E-state index in [-0.39, 0.29) is 0 Å². The van der Waals surface area contributed by atoms with Crippen molar-refractivity contribution in [1.29, 1.82) is 0 Å². The molecular weight excluding hydrogens is 422 g/mol. The molecule has 1 heterocycles. The molecule has 4 nitrogen and oxygen atoms in total. The van der Waals surface area contributed by atoms with Crippen molar-refractivity contribution in [2.75, 3.05) is 0 Å². The largest absolute Gasteiger partial charge is 0.488 e. The van der Waals surface area contributed by atoms with Crippen molar-refractivity contribution >= 4 is 40.1 Å². The summed E-state index contributed by atoms with van der Waals surface area (Å²) < 4.78 is 6.18. The fraction of sp³-hybridized carbons (Fsp3) is 0.0370. The van der Waals surface area contributed by atoms with E-state index in [0.29, 0.717) is 34.2 Å². The average Bonchev–Trinajstić information content (AvgIpc) is 3.19. The monoisotopic (exact) mass is 439 g/mol. The van der Waals surface area contributed by atoms with Gasteiger partial charge in [0.15, 0.2) is 0 Å². The molecule has 0 aromatic heterocycles. The smallest absolute Gasteiger partial charge is 0.368 e. The minimum atomic E-state index is -0.510. The number of oxime groups is 1. The summed E-state index contributed by atoms with van der Waals surface area (Å²) in [4.78, 5) is 17.4. The number of halogens is 1. The third-order valence-electron chi connectivity index (χ3n) is 5.28. The minimum absolute atomic E-state index is 0.355. The van der Waals surface area contributed by atoms with E-state index < -0.39 is 5.97 Å². The van der Waals surface area contributed by atoms with Gasteiger partial charge in [-0.2, -0.15) is 0 Å². The van der Waals surface area contributed by atoms with Gasteiger partial charge in [0.1, 0.15) is 18.1 Å². The van der Waals surface area contributed by atoms with Crippen LogP contribution in [0.15, 0.2) is 102 Å². The first-order valence-corrected chi connectivity index (χ1v) is 10.5. The van der Waals surface area contributed by atoms with Gasteiger partial charge in [-0.15, -0.1) is 0 Å². The lowest BCUT2D eigenvalue weighted by Gasteiger charge is -2.12. The number of benzene rings is 4. The van der Waals surface area contributed by atoms with E-state index >= 15 is 0 Å². The molecule has 0 unspecified atom stereocenters. The van der Waals surface area contributed by atoms with E-state index in [1.54, 1.807) is 24.3 Å². The van der Waals surface area contributed by atoms with Crippen LogP contribution in [0.25, 0.3) is 16.8 Å². The Bertz CT molecular complexity index is 1370. The standard InChI is InChI=1S/C27H18ClNO3/c28-22-13-14-25(31-17-20-11-6-10-18-7-4-5-12-23(18)20)21(15-22)16-24-26(29-32-27(24)30)19-8-2-1-3-9-19/h1-16H,17H2/b24-16-. The first-order valence-electron chi connectivity index (χ1n) is 10.1. The molecule has 4 aromatic rings. The van der Waals surface area contributed by atoms with Gasteiger partial charge in [0.05, 0.1) is 5.57 Å². The summed E-state index contributed by atoms with van der Waals surface area (Å²) >= 11 is 6.26. The first kappa shape index (κ1) is 20.0. The lowest BCUT2D eigenvalue weighted by Crippen LogP contribution is -2.07. The molecule has 1 aliphatic heterocycles. The molecule has 0 amide bonds. The van der Waals surface area contributed by atoms with Crippen molar-refractivity contribution in [3.63, 3.8) is 0 Å². The van der Waals surface area contributed by atoms with Crippen LogP contribution in [0.2, 0.25) is 5.02 Å². The third-order valence-corrected chi connectivity index (χ3v) is 5.51. The van der Waals surface area contributed by atoms with Gasteiger partial charge in [-0.3, -0.25) is 0 Å². The van der Waals surface area contributed by atoms with Crippen LogP contribution >= 0.6 is 11.6 Å². The maximum atomic E-state index is 12.4. The Kier molecular flexibility index (Phi) is 5.44. The normalized spacial score (nSPS) is 14.5. The molecule has 0 saturated heterocycles. The van der Waals surface area contributed by atoms with Gasteiger partial charge in [0, 0.05) is 16.1 Å². The zero-order chi connectivity index (χ0) is 21.9. The molecule has 5 heteroatoms. The Labute approximate surface area is 190 Å². The van der Waals surface area contributed by atoms with Gasteiger partial charge in [0.25, 0.3) is 0 Å². The Morgan fingerprint density at radius 3 is 2.56 bits per heavy atom. The number of carbonyl (C=O) groups is 1. The molecule has 0 fully saturated rings. The first-order chi connectivity index (χ1) is 15.7. The second kappa shape index (κ2) is 8.69. The van der Waals surface area contributed by atoms with Gasteiger partial charge < -0.3 is 9.57 Å². The fourth-order valence-corrected chi connectivity index (χ4v) is 3.89. The third kappa shape index (κ3) is 4.01. The minimum Gasteiger partial charge on any atom is -0.488 e. The molecule has 0 atom stereocenters. The van der Waals surface area contributed by atoms with E-state index in [2.05, 4.69) is 23.4 Å². The van der Waals surface area contributed by atoms with E-state index in [9.17, 15) is 4.79 Å². The molecule has 0 radical (unpaired) electrons. The summed E-state index contributed by atoms with van der Waals surface area (Å²) in [6, 6.07) is 29.1. The second-order valence-corrected chi connectivity index (χ2v) is 7.79. The predicted molar refractivity (Wildman–Crippen MR) is 127 cm³/mol. The highest BCUT2D eigenvalue weighted by Gasteiger charge is 2.27. The predicted octanol–water partition coefficient (Wildman–Crippen LogP) is 6.42. The molecule has 156 valence electrons. The topological polar surface area (TPSA) is 47.9 Å². The Morgan fingerprint density at radius 2 is 1.69 bits per heavy atom. The number of nitrogens with zero attached hydrogens (tertiary/aromatic N) is 1. The number of rotatable bonds is 5. The van der Waals surface area contributed by atoms with Gasteiger partial charge in [0.2, 0.25) is 0 Å². The van der Waals surface area contributed by atoms with Crippen LogP contribution in [-0.2, 0) is 16.2 Å². The van der Waals surface area contributed by atoms with E-state index in [1.165, 1.54) is 0 Å². The summed E-state index contributed by atoms with van der Waals surface area (Å²) in [5.41, 5.74) is 3.38. The maximum absolute atomic E-state index is 12.4. The van der Waals surface area contributed by atoms with Crippen LogP contribution < -0.4 is 4.74 Å². The van der Waals surface area contributed by atoms with Gasteiger partial charge >= 0.3 is 5.97 Å². The number of fused-ring (bicyclic) bond motifs is 1. The van der Waals surface area contributed by atoms with Crippen LogP contribution in [0, 0.1) is 0 Å². The molecule has 0 bridgehead atoms. The molecule has 32 heavy (non-hydrogen) atoms. The quantitative estimate of drug-likeness (QED) is 0.266. The lowest BCUT2D eigenvalue weighted by atomic mass is 10.0. The summed E-state index contributed by atoms with van der Waals surface area (Å²) in [6.07, 6.45) is 1.71. The Morgan fingerprint density at radius 1 is 0.906 bits per heavy atom. The second-order valence-electron chi connectivity index (χ2n) is 7.35. The molecule has 0 spiro atoms. The van der Waals surface area contributed by atoms with E-state index in [0.717, 1.165) is 21.9 Å². The van der Waals surface area contributed by atoms with Crippen LogP contribution in [0.5, 0.6) is 5.75 Å². The van der Waals surface area contributed by atoms with Gasteiger partial charge in [-0.05, 0) is 40.6 Å². The summed E-state index contributed by atoms with van der Waals surface area (Å²) in [5.74, 6) is 0.103. The maximum Gasteiger partial charge on any atom is 0.368 e. The summed E-state index contributed by atoms with van der Waals surface area (Å²) in [5, 5.41) is 6.81. The average molecular weight is 440 g/mol. The molecule has 1 aliphatic rings. The van der Waals surface area contributed by atoms with E-state index in [1.807, 2.05) is 54.6 Å². The Balaban J connectivity index is 1.48. The molecule has 0 saturated carbocycles. The number of ether oxygens (including phenoxy) is 1. The van der Waals surface area contributed by atoms with Crippen molar-refractivity contribution in [3.8, 4) is 5.75 Å². The Hall–Kier alpha value is -3.89. The molecular formula is C27H18ClNO3. The number of carbonyl (C=O) groups excluding carboxylic acids is 1. The highest BCUT2D eigenvalue weighted by Crippen LogP contribution is 2.29. The highest BCUT2D eigenvalue weighted by atomic mass is 35.5. The molecule has 0 aliphatic carbocycles. The van der Waals surface area contributed by atoms with Gasteiger partial charge in [-0.1, -0.05) is 89.6 Å². The lowest BCUT2D eigenvalue weighted by molar-refractivity contribution is -0.136. The number of hydrogen-bond acceptors (Lipinski definition) is 4. The SMILES string of the molecule is O=C1ON=C(c2ccccc2)/C1=C/c1cc(Cl)ccc1OCc1cccc2ccccc12. The van der Waals surface area contributed by atoms with Crippen LogP contribution in [0.4, 0.5) is 0 Å². The van der Waals surface area contributed by atoms with Crippen molar-refractivity contribution < 1.29 is 14.4 Å². The van der Waals surface area contributed by atoms with Crippen LogP contribution in [0.3, 0.4) is 0 Å². The summed E-state index contributed by atoms with van der Waals surface area (Å²) in [7, 11) is 0. The molecule has 0 N–H and O–H groups in total. The van der Waals surface area contributed by atoms with Crippen LogP contribution in [0.1, 0.15) is 16.7 Å². The highest BCUT2D eigenvalue weighted by molar-refractivity contribution is 6.32. The summed E-state index contributed by atoms with van der Waals surface area (Å²) in [6.45, 7) is 0.378. The van der Waals surface area contributed by atoms with E-state index in [4.69, 9.17) is 21.2 Å².